The van der Waals surface area contributed by atoms with E-state index in [1.807, 2.05) is 0 Å². The molecule has 1 fully saturated rings. The van der Waals surface area contributed by atoms with Gasteiger partial charge in [-0.25, -0.2) is 0 Å². The minimum Gasteiger partial charge on any atom is -0.494 e. The molecule has 0 amide bonds. The SMILES string of the molecule is CCCCCCCOc1ccc(OC(CCC)CCCCCC2CC2)cc1. The monoisotopic (exact) mass is 374 g/mol. The fourth-order valence-corrected chi connectivity index (χ4v) is 3.68. The van der Waals surface area contributed by atoms with Gasteiger partial charge in [-0.1, -0.05) is 78.1 Å². The number of ether oxygens (including phenoxy) is 2. The van der Waals surface area contributed by atoms with Crippen LogP contribution in [0.4, 0.5) is 0 Å². The molecule has 1 saturated carbocycles. The molecule has 1 aliphatic carbocycles. The van der Waals surface area contributed by atoms with E-state index >= 15 is 0 Å². The van der Waals surface area contributed by atoms with Crippen molar-refractivity contribution in [2.45, 2.75) is 110 Å². The molecule has 1 aliphatic rings. The van der Waals surface area contributed by atoms with E-state index in [0.29, 0.717) is 6.10 Å². The molecular formula is C25H42O2. The van der Waals surface area contributed by atoms with Gasteiger partial charge in [0.2, 0.25) is 0 Å². The van der Waals surface area contributed by atoms with Gasteiger partial charge in [-0.15, -0.1) is 0 Å². The van der Waals surface area contributed by atoms with E-state index in [1.54, 1.807) is 0 Å². The van der Waals surface area contributed by atoms with Crippen LogP contribution in [0.5, 0.6) is 11.5 Å². The Morgan fingerprint density at radius 3 is 2.19 bits per heavy atom. The molecule has 1 aromatic carbocycles. The van der Waals surface area contributed by atoms with Crippen molar-refractivity contribution in [3.63, 3.8) is 0 Å². The summed E-state index contributed by atoms with van der Waals surface area (Å²) in [6.45, 7) is 5.32. The second-order valence-corrected chi connectivity index (χ2v) is 8.34. The number of unbranched alkanes of at least 4 members (excludes halogenated alkanes) is 6. The summed E-state index contributed by atoms with van der Waals surface area (Å²) in [7, 11) is 0. The summed E-state index contributed by atoms with van der Waals surface area (Å²) in [6, 6.07) is 8.25. The zero-order valence-corrected chi connectivity index (χ0v) is 17.9. The van der Waals surface area contributed by atoms with Crippen LogP contribution in [0.15, 0.2) is 24.3 Å². The van der Waals surface area contributed by atoms with Crippen LogP contribution in [0.25, 0.3) is 0 Å². The molecule has 2 rings (SSSR count). The highest BCUT2D eigenvalue weighted by Crippen LogP contribution is 2.34. The van der Waals surface area contributed by atoms with Gasteiger partial charge in [0.1, 0.15) is 11.5 Å². The number of hydrogen-bond acceptors (Lipinski definition) is 2. The zero-order valence-electron chi connectivity index (χ0n) is 17.9. The predicted molar refractivity (Wildman–Crippen MR) is 116 cm³/mol. The summed E-state index contributed by atoms with van der Waals surface area (Å²) in [5.41, 5.74) is 0. The maximum Gasteiger partial charge on any atom is 0.119 e. The largest absolute Gasteiger partial charge is 0.494 e. The van der Waals surface area contributed by atoms with Crippen LogP contribution in [0, 0.1) is 5.92 Å². The first-order valence-electron chi connectivity index (χ1n) is 11.7. The third-order valence-corrected chi connectivity index (χ3v) is 5.59. The van der Waals surface area contributed by atoms with Crippen molar-refractivity contribution in [3.8, 4) is 11.5 Å². The summed E-state index contributed by atoms with van der Waals surface area (Å²) in [5.74, 6) is 3.02. The molecule has 0 aromatic heterocycles. The van der Waals surface area contributed by atoms with E-state index in [1.165, 1.54) is 77.0 Å². The Kier molecular flexibility index (Phi) is 11.4. The van der Waals surface area contributed by atoms with Crippen molar-refractivity contribution in [2.75, 3.05) is 6.61 Å². The highest BCUT2D eigenvalue weighted by atomic mass is 16.5. The molecule has 0 spiro atoms. The molecule has 0 N–H and O–H groups in total. The van der Waals surface area contributed by atoms with Gasteiger partial charge in [-0.2, -0.15) is 0 Å². The number of benzene rings is 1. The van der Waals surface area contributed by atoms with Crippen molar-refractivity contribution < 1.29 is 9.47 Å². The second-order valence-electron chi connectivity index (χ2n) is 8.34. The third-order valence-electron chi connectivity index (χ3n) is 5.59. The summed E-state index contributed by atoms with van der Waals surface area (Å²) in [5, 5.41) is 0. The number of hydrogen-bond donors (Lipinski definition) is 0. The molecule has 0 radical (unpaired) electrons. The standard InChI is InChI=1S/C25H42O2/c1-3-5-6-7-11-21-26-23-17-19-25(20-18-23)27-24(12-4-2)14-10-8-9-13-22-15-16-22/h17-20,22,24H,3-16,21H2,1-2H3. The highest BCUT2D eigenvalue weighted by molar-refractivity contribution is 5.31. The predicted octanol–water partition coefficient (Wildman–Crippen LogP) is 7.94. The van der Waals surface area contributed by atoms with Gasteiger partial charge in [0.25, 0.3) is 0 Å². The van der Waals surface area contributed by atoms with Crippen LogP contribution in [0.1, 0.15) is 104 Å². The van der Waals surface area contributed by atoms with Crippen LogP contribution in [0.2, 0.25) is 0 Å². The lowest BCUT2D eigenvalue weighted by Crippen LogP contribution is -2.16. The molecule has 0 bridgehead atoms. The van der Waals surface area contributed by atoms with E-state index in [9.17, 15) is 0 Å². The fourth-order valence-electron chi connectivity index (χ4n) is 3.68. The van der Waals surface area contributed by atoms with Gasteiger partial charge < -0.3 is 9.47 Å². The fraction of sp³-hybridized carbons (Fsp3) is 0.760. The maximum atomic E-state index is 6.26. The molecular weight excluding hydrogens is 332 g/mol. The van der Waals surface area contributed by atoms with E-state index in [2.05, 4.69) is 38.1 Å². The highest BCUT2D eigenvalue weighted by Gasteiger charge is 2.20. The van der Waals surface area contributed by atoms with Gasteiger partial charge >= 0.3 is 0 Å². The van der Waals surface area contributed by atoms with Crippen molar-refractivity contribution in [1.82, 2.24) is 0 Å². The van der Waals surface area contributed by atoms with E-state index < -0.39 is 0 Å². The first kappa shape index (κ1) is 22.1. The topological polar surface area (TPSA) is 18.5 Å². The van der Waals surface area contributed by atoms with Gasteiger partial charge in [0.05, 0.1) is 12.7 Å². The smallest absolute Gasteiger partial charge is 0.119 e. The average Bonchev–Trinajstić information content (AvgIpc) is 3.50. The number of rotatable bonds is 17. The van der Waals surface area contributed by atoms with E-state index in [-0.39, 0.29) is 0 Å². The molecule has 0 aliphatic heterocycles. The Hall–Kier alpha value is -1.18. The van der Waals surface area contributed by atoms with Crippen molar-refractivity contribution >= 4 is 0 Å². The summed E-state index contributed by atoms with van der Waals surface area (Å²) >= 11 is 0. The third kappa shape index (κ3) is 10.7. The van der Waals surface area contributed by atoms with Crippen molar-refractivity contribution in [1.29, 1.82) is 0 Å². The van der Waals surface area contributed by atoms with Gasteiger partial charge in [-0.05, 0) is 55.9 Å². The molecule has 0 heterocycles. The maximum absolute atomic E-state index is 6.26. The molecule has 27 heavy (non-hydrogen) atoms. The van der Waals surface area contributed by atoms with Crippen molar-refractivity contribution in [3.05, 3.63) is 24.3 Å². The lowest BCUT2D eigenvalue weighted by molar-refractivity contribution is 0.175. The first-order chi connectivity index (χ1) is 13.3. The second kappa shape index (κ2) is 13.9. The summed E-state index contributed by atoms with van der Waals surface area (Å²) in [4.78, 5) is 0. The van der Waals surface area contributed by atoms with Gasteiger partial charge in [0.15, 0.2) is 0 Å². The van der Waals surface area contributed by atoms with E-state index in [4.69, 9.17) is 9.47 Å². The quantitative estimate of drug-likeness (QED) is 0.258. The minimum absolute atomic E-state index is 0.362. The molecule has 2 nitrogen and oxygen atoms in total. The summed E-state index contributed by atoms with van der Waals surface area (Å²) < 4.78 is 12.1. The summed E-state index contributed by atoms with van der Waals surface area (Å²) in [6.07, 6.45) is 18.8. The van der Waals surface area contributed by atoms with Crippen LogP contribution in [-0.2, 0) is 0 Å². The average molecular weight is 375 g/mol. The molecule has 1 unspecified atom stereocenters. The van der Waals surface area contributed by atoms with Crippen LogP contribution in [-0.4, -0.2) is 12.7 Å². The van der Waals surface area contributed by atoms with Crippen LogP contribution in [0.3, 0.4) is 0 Å². The van der Waals surface area contributed by atoms with Crippen molar-refractivity contribution in [2.24, 2.45) is 5.92 Å². The molecule has 0 saturated heterocycles. The Labute approximate surface area is 168 Å². The van der Waals surface area contributed by atoms with Crippen LogP contribution < -0.4 is 9.47 Å². The Balaban J connectivity index is 1.61. The van der Waals surface area contributed by atoms with Gasteiger partial charge in [-0.3, -0.25) is 0 Å². The van der Waals surface area contributed by atoms with Gasteiger partial charge in [0, 0.05) is 0 Å². The molecule has 2 heteroatoms. The lowest BCUT2D eigenvalue weighted by atomic mass is 10.0. The Morgan fingerprint density at radius 1 is 0.778 bits per heavy atom. The molecule has 154 valence electrons. The normalized spacial score (nSPS) is 14.9. The Bertz CT molecular complexity index is 464. The molecule has 1 aromatic rings. The molecule has 1 atom stereocenters. The van der Waals surface area contributed by atoms with E-state index in [0.717, 1.165) is 36.9 Å². The first-order valence-corrected chi connectivity index (χ1v) is 11.7. The zero-order chi connectivity index (χ0) is 19.2. The Morgan fingerprint density at radius 2 is 1.48 bits per heavy atom. The van der Waals surface area contributed by atoms with Crippen LogP contribution >= 0.6 is 0 Å². The lowest BCUT2D eigenvalue weighted by Gasteiger charge is -2.19. The minimum atomic E-state index is 0.362.